The van der Waals surface area contributed by atoms with Crippen LogP contribution in [0.4, 0.5) is 0 Å². The highest BCUT2D eigenvalue weighted by atomic mass is 31.1. The molecule has 266 valence electrons. The molecule has 6 aromatic carbocycles. The van der Waals surface area contributed by atoms with Crippen LogP contribution in [-0.4, -0.2) is 19.6 Å². The van der Waals surface area contributed by atoms with Crippen molar-refractivity contribution >= 4 is 24.0 Å². The van der Waals surface area contributed by atoms with Gasteiger partial charge in [0.1, 0.15) is 28.4 Å². The van der Waals surface area contributed by atoms with E-state index in [1.807, 2.05) is 66.9 Å². The molecule has 2 aliphatic heterocycles. The summed E-state index contributed by atoms with van der Waals surface area (Å²) >= 11 is 0. The van der Waals surface area contributed by atoms with Crippen LogP contribution in [0.15, 0.2) is 158 Å². The van der Waals surface area contributed by atoms with Gasteiger partial charge < -0.3 is 14.6 Å². The zero-order chi connectivity index (χ0) is 37.3. The number of imidazole rings is 1. The number of pyridine rings is 1. The van der Waals surface area contributed by atoms with Crippen LogP contribution < -0.4 is 25.5 Å². The maximum atomic E-state index is 11.4. The fraction of sp³-hybridized carbons (Fsp3) is 0.0833. The van der Waals surface area contributed by atoms with Gasteiger partial charge in [-0.15, -0.1) is 0 Å². The topological polar surface area (TPSA) is 69.4 Å². The lowest BCUT2D eigenvalue weighted by atomic mass is 9.85. The molecule has 2 aliphatic rings. The first-order chi connectivity index (χ1) is 26.8. The fourth-order valence-electron chi connectivity index (χ4n) is 7.53. The van der Waals surface area contributed by atoms with Crippen molar-refractivity contribution in [2.45, 2.75) is 26.2 Å². The fourth-order valence-corrected chi connectivity index (χ4v) is 10.0. The van der Waals surface area contributed by atoms with Crippen LogP contribution in [0, 0.1) is 0 Å². The number of para-hydroxylation sites is 1. The van der Waals surface area contributed by atoms with Gasteiger partial charge in [-0.1, -0.05) is 106 Å². The molecule has 0 aliphatic carbocycles. The van der Waals surface area contributed by atoms with Crippen molar-refractivity contribution in [1.29, 1.82) is 0 Å². The number of phenolic OH excluding ortho intramolecular Hbond substituents is 1. The van der Waals surface area contributed by atoms with E-state index in [-0.39, 0.29) is 11.2 Å². The maximum absolute atomic E-state index is 11.4. The molecule has 0 amide bonds. The van der Waals surface area contributed by atoms with Gasteiger partial charge in [-0.25, -0.2) is 4.98 Å². The Morgan fingerprint density at radius 1 is 0.600 bits per heavy atom. The molecule has 55 heavy (non-hydrogen) atoms. The predicted octanol–water partition coefficient (Wildman–Crippen LogP) is 10.9. The molecule has 4 heterocycles. The number of rotatable bonds is 5. The highest BCUT2D eigenvalue weighted by Crippen LogP contribution is 2.54. The molecule has 10 rings (SSSR count). The summed E-state index contributed by atoms with van der Waals surface area (Å²) in [6, 6.07) is 51.3. The second-order valence-electron chi connectivity index (χ2n) is 14.9. The SMILES string of the molecule is CC(C)(C)c1ccc(-n2c(-c3ccccc3O)nc3c2Oc2cccc4c2P3c2cc(-c3cc(-c5ccccc5)ccn3)ccc2O4)c(-c2ccccc2)c1. The molecule has 6 nitrogen and oxygen atoms in total. The van der Waals surface area contributed by atoms with Gasteiger partial charge in [0, 0.05) is 30.5 Å². The number of ether oxygens (including phenoxy) is 2. The van der Waals surface area contributed by atoms with Crippen LogP contribution in [-0.2, 0) is 5.41 Å². The zero-order valence-electron chi connectivity index (χ0n) is 30.6. The van der Waals surface area contributed by atoms with Gasteiger partial charge in [0.25, 0.3) is 0 Å². The molecular formula is C48H36N3O3P. The standard InChI is InChI=1S/C48H36N3O3P/c1-48(2,3)34-22-23-38(36(29-34)31-15-8-5-9-16-31)51-45(35-17-10-11-18-39(35)52)50-46-47(51)54-42-20-12-19-41-44(42)55(46)43-28-33(21-24-40(43)53-41)37-27-32(25-26-49-37)30-13-6-4-7-14-30/h4-29,52H,1-3H3. The van der Waals surface area contributed by atoms with Crippen molar-refractivity contribution in [3.05, 3.63) is 163 Å². The lowest BCUT2D eigenvalue weighted by Gasteiger charge is -2.33. The van der Waals surface area contributed by atoms with Crippen molar-refractivity contribution in [2.75, 3.05) is 0 Å². The van der Waals surface area contributed by atoms with E-state index < -0.39 is 7.92 Å². The average Bonchev–Trinajstić information content (AvgIpc) is 3.59. The summed E-state index contributed by atoms with van der Waals surface area (Å²) in [5.41, 5.74) is 9.67. The third kappa shape index (κ3) is 5.60. The van der Waals surface area contributed by atoms with Crippen molar-refractivity contribution in [1.82, 2.24) is 14.5 Å². The minimum atomic E-state index is -1.27. The Morgan fingerprint density at radius 3 is 2.09 bits per heavy atom. The molecule has 7 heteroatoms. The molecule has 0 spiro atoms. The molecule has 0 saturated heterocycles. The van der Waals surface area contributed by atoms with E-state index in [1.165, 1.54) is 5.56 Å². The van der Waals surface area contributed by atoms with E-state index in [2.05, 4.69) is 110 Å². The summed E-state index contributed by atoms with van der Waals surface area (Å²) in [6.45, 7) is 6.69. The lowest BCUT2D eigenvalue weighted by molar-refractivity contribution is 0.448. The Hall–Kier alpha value is -6.49. The van der Waals surface area contributed by atoms with Gasteiger partial charge in [-0.3, -0.25) is 9.55 Å². The predicted molar refractivity (Wildman–Crippen MR) is 222 cm³/mol. The Bertz CT molecular complexity index is 2770. The second kappa shape index (κ2) is 12.8. The van der Waals surface area contributed by atoms with Crippen LogP contribution in [0.25, 0.3) is 50.6 Å². The van der Waals surface area contributed by atoms with E-state index >= 15 is 0 Å². The van der Waals surface area contributed by atoms with Crippen molar-refractivity contribution in [3.8, 4) is 79.5 Å². The van der Waals surface area contributed by atoms with Crippen LogP contribution in [0.3, 0.4) is 0 Å². The zero-order valence-corrected chi connectivity index (χ0v) is 31.5. The first kappa shape index (κ1) is 33.1. The van der Waals surface area contributed by atoms with Gasteiger partial charge in [-0.05, 0) is 94.4 Å². The van der Waals surface area contributed by atoms with E-state index in [0.717, 1.165) is 72.5 Å². The lowest BCUT2D eigenvalue weighted by Crippen LogP contribution is -2.32. The molecule has 0 fully saturated rings. The number of benzene rings is 6. The first-order valence-corrected chi connectivity index (χ1v) is 19.7. The number of hydrogen-bond acceptors (Lipinski definition) is 5. The molecule has 1 unspecified atom stereocenters. The Kier molecular flexibility index (Phi) is 7.72. The molecular weight excluding hydrogens is 698 g/mol. The molecule has 1 N–H and O–H groups in total. The van der Waals surface area contributed by atoms with Crippen LogP contribution in [0.2, 0.25) is 0 Å². The quantitative estimate of drug-likeness (QED) is 0.178. The average molecular weight is 734 g/mol. The molecule has 8 aromatic rings. The molecule has 0 radical (unpaired) electrons. The van der Waals surface area contributed by atoms with Crippen molar-refractivity contribution < 1.29 is 14.6 Å². The Balaban J connectivity index is 1.22. The molecule has 1 atom stereocenters. The van der Waals surface area contributed by atoms with Crippen molar-refractivity contribution in [3.63, 3.8) is 0 Å². The third-order valence-electron chi connectivity index (χ3n) is 10.3. The summed E-state index contributed by atoms with van der Waals surface area (Å²) in [5, 5.41) is 13.4. The Labute approximate surface area is 321 Å². The summed E-state index contributed by atoms with van der Waals surface area (Å²) in [4.78, 5) is 10.3. The van der Waals surface area contributed by atoms with Gasteiger partial charge >= 0.3 is 0 Å². The van der Waals surface area contributed by atoms with E-state index in [4.69, 9.17) is 19.4 Å². The number of hydrogen-bond donors (Lipinski definition) is 1. The molecule has 0 bridgehead atoms. The molecule has 0 saturated carbocycles. The smallest absolute Gasteiger partial charge is 0.233 e. The number of phenols is 1. The summed E-state index contributed by atoms with van der Waals surface area (Å²) < 4.78 is 15.7. The number of aromatic nitrogens is 3. The van der Waals surface area contributed by atoms with Crippen LogP contribution in [0.5, 0.6) is 28.9 Å². The summed E-state index contributed by atoms with van der Waals surface area (Å²) in [6.07, 6.45) is 1.87. The van der Waals surface area contributed by atoms with Crippen LogP contribution in [0.1, 0.15) is 26.3 Å². The van der Waals surface area contributed by atoms with E-state index in [9.17, 15) is 5.11 Å². The monoisotopic (exact) mass is 733 g/mol. The minimum Gasteiger partial charge on any atom is -0.507 e. The van der Waals surface area contributed by atoms with Gasteiger partial charge in [0.15, 0.2) is 5.82 Å². The largest absolute Gasteiger partial charge is 0.507 e. The second-order valence-corrected chi connectivity index (χ2v) is 16.9. The summed E-state index contributed by atoms with van der Waals surface area (Å²) in [7, 11) is -1.27. The van der Waals surface area contributed by atoms with E-state index in [1.54, 1.807) is 6.07 Å². The molecule has 2 aromatic heterocycles. The number of nitrogens with zero attached hydrogens (tertiary/aromatic N) is 3. The number of aromatic hydroxyl groups is 1. The summed E-state index contributed by atoms with van der Waals surface area (Å²) in [5.74, 6) is 3.64. The minimum absolute atomic E-state index is 0.0784. The first-order valence-electron chi connectivity index (χ1n) is 18.4. The highest BCUT2D eigenvalue weighted by molar-refractivity contribution is 7.80. The van der Waals surface area contributed by atoms with Crippen LogP contribution >= 0.6 is 7.92 Å². The maximum Gasteiger partial charge on any atom is 0.233 e. The Morgan fingerprint density at radius 2 is 1.33 bits per heavy atom. The number of fused-ring (bicyclic) bond motifs is 4. The van der Waals surface area contributed by atoms with Gasteiger partial charge in [0.05, 0.1) is 22.2 Å². The third-order valence-corrected chi connectivity index (χ3v) is 12.8. The van der Waals surface area contributed by atoms with Crippen molar-refractivity contribution in [2.24, 2.45) is 0 Å². The normalized spacial score (nSPS) is 13.9. The highest BCUT2D eigenvalue weighted by Gasteiger charge is 2.42. The van der Waals surface area contributed by atoms with Gasteiger partial charge in [-0.2, -0.15) is 0 Å². The van der Waals surface area contributed by atoms with Gasteiger partial charge in [0.2, 0.25) is 5.88 Å². The van der Waals surface area contributed by atoms with E-state index in [0.29, 0.717) is 17.3 Å².